The van der Waals surface area contributed by atoms with Gasteiger partial charge in [0.05, 0.1) is 34.1 Å². The summed E-state index contributed by atoms with van der Waals surface area (Å²) in [5, 5.41) is 5.85. The van der Waals surface area contributed by atoms with Crippen molar-refractivity contribution in [1.29, 1.82) is 0 Å². The van der Waals surface area contributed by atoms with Gasteiger partial charge in [-0.2, -0.15) is 0 Å². The lowest BCUT2D eigenvalue weighted by Crippen LogP contribution is -2.25. The highest BCUT2D eigenvalue weighted by Crippen LogP contribution is 2.34. The van der Waals surface area contributed by atoms with Crippen molar-refractivity contribution >= 4 is 66.0 Å². The molecule has 0 heterocycles. The van der Waals surface area contributed by atoms with Gasteiger partial charge >= 0.3 is 0 Å². The van der Waals surface area contributed by atoms with E-state index >= 15 is 0 Å². The molecule has 0 atom stereocenters. The standard InChI is InChI=1S/C22H21Cl2N3O5S2/c1-27(33(2,29)30)17-6-3-5-16(13-17)26-21(28)14-25-20-8-4-7-19(24)22(20)34(31,32)18-11-9-15(23)10-12-18/h3-13,25H,14H2,1-2H3,(H,26,28). The summed E-state index contributed by atoms with van der Waals surface area (Å²) >= 11 is 12.1. The van der Waals surface area contributed by atoms with Crippen LogP contribution in [0.25, 0.3) is 0 Å². The van der Waals surface area contributed by atoms with Crippen molar-refractivity contribution in [2.45, 2.75) is 9.79 Å². The number of halogens is 2. The van der Waals surface area contributed by atoms with Gasteiger partial charge in [0.15, 0.2) is 0 Å². The molecule has 0 aliphatic carbocycles. The van der Waals surface area contributed by atoms with Gasteiger partial charge < -0.3 is 10.6 Å². The average molecular weight is 542 g/mol. The molecular weight excluding hydrogens is 521 g/mol. The van der Waals surface area contributed by atoms with Crippen LogP contribution in [0.15, 0.2) is 76.5 Å². The molecule has 0 saturated heterocycles. The minimum absolute atomic E-state index is 0.00290. The fourth-order valence-corrected chi connectivity index (χ4v) is 5.59. The Kier molecular flexibility index (Phi) is 7.77. The average Bonchev–Trinajstić information content (AvgIpc) is 2.77. The summed E-state index contributed by atoms with van der Waals surface area (Å²) in [6, 6.07) is 16.5. The van der Waals surface area contributed by atoms with Crippen LogP contribution in [-0.4, -0.2) is 42.6 Å². The number of sulfonamides is 1. The van der Waals surface area contributed by atoms with E-state index in [9.17, 15) is 21.6 Å². The highest BCUT2D eigenvalue weighted by Gasteiger charge is 2.25. The van der Waals surface area contributed by atoms with E-state index in [1.165, 1.54) is 49.5 Å². The number of benzene rings is 3. The van der Waals surface area contributed by atoms with E-state index in [1.807, 2.05) is 0 Å². The zero-order valence-corrected chi connectivity index (χ0v) is 21.3. The molecule has 180 valence electrons. The molecule has 3 aromatic rings. The Morgan fingerprint density at radius 1 is 0.941 bits per heavy atom. The number of rotatable bonds is 8. The molecule has 0 aliphatic heterocycles. The molecule has 8 nitrogen and oxygen atoms in total. The van der Waals surface area contributed by atoms with E-state index in [0.29, 0.717) is 16.4 Å². The molecule has 0 saturated carbocycles. The lowest BCUT2D eigenvalue weighted by molar-refractivity contribution is -0.114. The summed E-state index contributed by atoms with van der Waals surface area (Å²) < 4.78 is 50.9. The first-order valence-electron chi connectivity index (χ1n) is 9.76. The van der Waals surface area contributed by atoms with Crippen molar-refractivity contribution < 1.29 is 21.6 Å². The van der Waals surface area contributed by atoms with Crippen LogP contribution in [0.1, 0.15) is 0 Å². The second-order valence-electron chi connectivity index (χ2n) is 7.26. The van der Waals surface area contributed by atoms with E-state index in [-0.39, 0.29) is 27.0 Å². The Labute approximate surface area is 208 Å². The zero-order valence-electron chi connectivity index (χ0n) is 18.1. The van der Waals surface area contributed by atoms with Crippen molar-refractivity contribution in [1.82, 2.24) is 0 Å². The van der Waals surface area contributed by atoms with E-state index < -0.39 is 25.8 Å². The lowest BCUT2D eigenvalue weighted by atomic mass is 10.2. The minimum Gasteiger partial charge on any atom is -0.375 e. The van der Waals surface area contributed by atoms with Gasteiger partial charge in [-0.1, -0.05) is 35.3 Å². The van der Waals surface area contributed by atoms with Crippen LogP contribution in [0.2, 0.25) is 10.0 Å². The maximum Gasteiger partial charge on any atom is 0.243 e. The molecule has 12 heteroatoms. The van der Waals surface area contributed by atoms with Crippen LogP contribution in [0.4, 0.5) is 17.1 Å². The summed E-state index contributed by atoms with van der Waals surface area (Å²) in [5.41, 5.74) is 0.905. The molecule has 0 bridgehead atoms. The lowest BCUT2D eigenvalue weighted by Gasteiger charge is -2.18. The van der Waals surface area contributed by atoms with Gasteiger partial charge in [0, 0.05) is 17.8 Å². The number of carbonyl (C=O) groups is 1. The number of hydrogen-bond donors (Lipinski definition) is 2. The number of nitrogens with zero attached hydrogens (tertiary/aromatic N) is 1. The number of sulfone groups is 1. The number of hydrogen-bond acceptors (Lipinski definition) is 6. The summed E-state index contributed by atoms with van der Waals surface area (Å²) in [6.07, 6.45) is 1.07. The highest BCUT2D eigenvalue weighted by atomic mass is 35.5. The summed E-state index contributed by atoms with van der Waals surface area (Å²) in [4.78, 5) is 12.4. The van der Waals surface area contributed by atoms with Crippen LogP contribution in [0.3, 0.4) is 0 Å². The molecule has 0 fully saturated rings. The Bertz CT molecular complexity index is 1430. The molecule has 34 heavy (non-hydrogen) atoms. The fourth-order valence-electron chi connectivity index (χ4n) is 3.00. The van der Waals surface area contributed by atoms with Gasteiger partial charge in [-0.05, 0) is 54.6 Å². The predicted molar refractivity (Wildman–Crippen MR) is 135 cm³/mol. The van der Waals surface area contributed by atoms with Gasteiger partial charge in [-0.3, -0.25) is 9.10 Å². The Balaban J connectivity index is 1.79. The Morgan fingerprint density at radius 3 is 2.24 bits per heavy atom. The van der Waals surface area contributed by atoms with Crippen molar-refractivity contribution in [3.8, 4) is 0 Å². The van der Waals surface area contributed by atoms with E-state index in [4.69, 9.17) is 23.2 Å². The molecule has 3 rings (SSSR count). The van der Waals surface area contributed by atoms with Crippen LogP contribution < -0.4 is 14.9 Å². The fraction of sp³-hybridized carbons (Fsp3) is 0.136. The summed E-state index contributed by atoms with van der Waals surface area (Å²) in [7, 11) is -6.06. The topological polar surface area (TPSA) is 113 Å². The van der Waals surface area contributed by atoms with Gasteiger partial charge in [0.1, 0.15) is 4.90 Å². The molecular formula is C22H21Cl2N3O5S2. The van der Waals surface area contributed by atoms with Crippen molar-refractivity contribution in [2.24, 2.45) is 0 Å². The molecule has 0 spiro atoms. The number of carbonyl (C=O) groups excluding carboxylic acids is 1. The first kappa shape index (κ1) is 25.8. The van der Waals surface area contributed by atoms with Crippen LogP contribution in [-0.2, 0) is 24.7 Å². The number of anilines is 3. The summed E-state index contributed by atoms with van der Waals surface area (Å²) in [5.74, 6) is -0.478. The SMILES string of the molecule is CN(c1cccc(NC(=O)CNc2cccc(Cl)c2S(=O)(=O)c2ccc(Cl)cc2)c1)S(C)(=O)=O. The Morgan fingerprint density at radius 2 is 1.59 bits per heavy atom. The first-order valence-corrected chi connectivity index (χ1v) is 13.8. The van der Waals surface area contributed by atoms with Crippen molar-refractivity contribution in [3.05, 3.63) is 76.8 Å². The smallest absolute Gasteiger partial charge is 0.243 e. The van der Waals surface area contributed by atoms with Crippen LogP contribution in [0, 0.1) is 0 Å². The van der Waals surface area contributed by atoms with Crippen LogP contribution in [0.5, 0.6) is 0 Å². The molecule has 2 N–H and O–H groups in total. The number of amides is 1. The number of nitrogens with one attached hydrogen (secondary N) is 2. The molecule has 0 aromatic heterocycles. The maximum absolute atomic E-state index is 13.2. The molecule has 0 radical (unpaired) electrons. The van der Waals surface area contributed by atoms with Crippen molar-refractivity contribution in [3.63, 3.8) is 0 Å². The molecule has 0 aliphatic rings. The van der Waals surface area contributed by atoms with Gasteiger partial charge in [0.2, 0.25) is 25.8 Å². The predicted octanol–water partition coefficient (Wildman–Crippen LogP) is 4.27. The van der Waals surface area contributed by atoms with E-state index in [0.717, 1.165) is 10.6 Å². The normalized spacial score (nSPS) is 11.6. The van der Waals surface area contributed by atoms with Crippen molar-refractivity contribution in [2.75, 3.05) is 34.8 Å². The quantitative estimate of drug-likeness (QED) is 0.440. The molecule has 0 unspecified atom stereocenters. The second kappa shape index (κ2) is 10.2. The second-order valence-corrected chi connectivity index (χ2v) is 12.0. The zero-order chi connectivity index (χ0) is 25.1. The van der Waals surface area contributed by atoms with Gasteiger partial charge in [0.25, 0.3) is 0 Å². The maximum atomic E-state index is 13.2. The third-order valence-electron chi connectivity index (χ3n) is 4.79. The van der Waals surface area contributed by atoms with E-state index in [1.54, 1.807) is 24.3 Å². The largest absolute Gasteiger partial charge is 0.375 e. The third-order valence-corrected chi connectivity index (χ3v) is 8.54. The minimum atomic E-state index is -4.00. The van der Waals surface area contributed by atoms with Gasteiger partial charge in [-0.15, -0.1) is 0 Å². The monoisotopic (exact) mass is 541 g/mol. The third kappa shape index (κ3) is 6.01. The Hall–Kier alpha value is -2.79. The summed E-state index contributed by atoms with van der Waals surface area (Å²) in [6.45, 7) is -0.268. The first-order chi connectivity index (χ1) is 15.9. The van der Waals surface area contributed by atoms with E-state index in [2.05, 4.69) is 10.6 Å². The van der Waals surface area contributed by atoms with Gasteiger partial charge in [-0.25, -0.2) is 16.8 Å². The molecule has 3 aromatic carbocycles. The highest BCUT2D eigenvalue weighted by molar-refractivity contribution is 7.92. The van der Waals surface area contributed by atoms with Crippen LogP contribution >= 0.6 is 23.2 Å². The molecule has 1 amide bonds.